The minimum atomic E-state index is -0.678. The van der Waals surface area contributed by atoms with Crippen molar-refractivity contribution in [3.8, 4) is 0 Å². The number of likely N-dealkylation sites (N-methyl/N-ethyl adjacent to an activating group) is 1. The Bertz CT molecular complexity index is 361. The molecule has 1 aromatic heterocycles. The third kappa shape index (κ3) is 2.83. The average Bonchev–Trinajstić information content (AvgIpc) is 2.80. The van der Waals surface area contributed by atoms with E-state index in [1.807, 2.05) is 0 Å². The highest BCUT2D eigenvalue weighted by Crippen LogP contribution is 2.01. The van der Waals surface area contributed by atoms with Crippen LogP contribution in [-0.4, -0.2) is 37.1 Å². The molecule has 0 saturated carbocycles. The molecule has 0 radical (unpaired) electrons. The van der Waals surface area contributed by atoms with Crippen LogP contribution in [0.4, 0.5) is 0 Å². The lowest BCUT2D eigenvalue weighted by molar-refractivity contribution is -0.170. The van der Waals surface area contributed by atoms with Crippen LogP contribution in [-0.2, 0) is 9.63 Å². The molecule has 0 unspecified atom stereocenters. The molecule has 1 heterocycles. The molecule has 0 aliphatic heterocycles. The summed E-state index contributed by atoms with van der Waals surface area (Å²) in [5.41, 5.74) is 0. The Labute approximate surface area is 93.1 Å². The Balaban J connectivity index is 2.55. The van der Waals surface area contributed by atoms with Gasteiger partial charge in [0.15, 0.2) is 5.76 Å². The van der Waals surface area contributed by atoms with Gasteiger partial charge in [0.1, 0.15) is 6.04 Å². The van der Waals surface area contributed by atoms with Crippen LogP contribution >= 0.6 is 0 Å². The zero-order valence-corrected chi connectivity index (χ0v) is 9.39. The minimum absolute atomic E-state index is 0.166. The number of hydroxylamine groups is 2. The molecule has 0 bridgehead atoms. The first-order valence-corrected chi connectivity index (χ1v) is 4.72. The highest BCUT2D eigenvalue weighted by atomic mass is 16.7. The number of nitrogens with one attached hydrogen (secondary N) is 1. The number of amides is 2. The molecule has 0 saturated heterocycles. The Morgan fingerprint density at radius 1 is 1.56 bits per heavy atom. The molecule has 1 N–H and O–H groups in total. The largest absolute Gasteiger partial charge is 0.459 e. The van der Waals surface area contributed by atoms with E-state index in [9.17, 15) is 9.59 Å². The third-order valence-corrected chi connectivity index (χ3v) is 2.05. The summed E-state index contributed by atoms with van der Waals surface area (Å²) in [6.07, 6.45) is 1.39. The van der Waals surface area contributed by atoms with Crippen LogP contribution in [0.25, 0.3) is 0 Å². The fourth-order valence-corrected chi connectivity index (χ4v) is 1.10. The van der Waals surface area contributed by atoms with Gasteiger partial charge in [-0.05, 0) is 19.1 Å². The lowest BCUT2D eigenvalue weighted by Gasteiger charge is -2.19. The topological polar surface area (TPSA) is 71.8 Å². The second kappa shape index (κ2) is 5.32. The second-order valence-electron chi connectivity index (χ2n) is 3.19. The molecular weight excluding hydrogens is 212 g/mol. The standard InChI is InChI=1S/C10H14N2O4/c1-7(10(14)12(2)15-3)11-9(13)8-5-4-6-16-8/h4-7H,1-3H3,(H,11,13)/t7-/m0/s1. The Morgan fingerprint density at radius 2 is 2.25 bits per heavy atom. The molecule has 0 fully saturated rings. The van der Waals surface area contributed by atoms with Gasteiger partial charge >= 0.3 is 0 Å². The lowest BCUT2D eigenvalue weighted by Crippen LogP contribution is -2.45. The van der Waals surface area contributed by atoms with Gasteiger partial charge in [0, 0.05) is 7.05 Å². The number of hydrogen-bond acceptors (Lipinski definition) is 4. The molecule has 0 aliphatic carbocycles. The molecule has 0 aromatic carbocycles. The molecule has 0 spiro atoms. The molecule has 2 amide bonds. The SMILES string of the molecule is CON(C)C(=O)[C@H](C)NC(=O)c1ccco1. The van der Waals surface area contributed by atoms with Crippen molar-refractivity contribution >= 4 is 11.8 Å². The number of carbonyl (C=O) groups is 2. The monoisotopic (exact) mass is 226 g/mol. The summed E-state index contributed by atoms with van der Waals surface area (Å²) in [6.45, 7) is 1.57. The van der Waals surface area contributed by atoms with Crippen molar-refractivity contribution in [3.63, 3.8) is 0 Å². The summed E-state index contributed by atoms with van der Waals surface area (Å²) >= 11 is 0. The van der Waals surface area contributed by atoms with Gasteiger partial charge in [0.25, 0.3) is 11.8 Å². The number of nitrogens with zero attached hydrogens (tertiary/aromatic N) is 1. The summed E-state index contributed by atoms with van der Waals surface area (Å²) in [6, 6.07) is 2.44. The summed E-state index contributed by atoms with van der Waals surface area (Å²) in [7, 11) is 2.84. The van der Waals surface area contributed by atoms with Crippen LogP contribution in [0.1, 0.15) is 17.5 Å². The van der Waals surface area contributed by atoms with Crippen LogP contribution in [0.15, 0.2) is 22.8 Å². The predicted molar refractivity (Wildman–Crippen MR) is 55.4 cm³/mol. The van der Waals surface area contributed by atoms with Crippen molar-refractivity contribution in [2.75, 3.05) is 14.2 Å². The van der Waals surface area contributed by atoms with E-state index in [1.54, 1.807) is 13.0 Å². The van der Waals surface area contributed by atoms with E-state index < -0.39 is 11.9 Å². The van der Waals surface area contributed by atoms with Crippen LogP contribution < -0.4 is 5.32 Å². The van der Waals surface area contributed by atoms with Crippen LogP contribution in [0.2, 0.25) is 0 Å². The van der Waals surface area contributed by atoms with Crippen molar-refractivity contribution < 1.29 is 18.8 Å². The summed E-state index contributed by atoms with van der Waals surface area (Å²) in [4.78, 5) is 27.8. The maximum atomic E-state index is 11.5. The average molecular weight is 226 g/mol. The van der Waals surface area contributed by atoms with Gasteiger partial charge in [-0.2, -0.15) is 0 Å². The highest BCUT2D eigenvalue weighted by Gasteiger charge is 2.20. The second-order valence-corrected chi connectivity index (χ2v) is 3.19. The van der Waals surface area contributed by atoms with Gasteiger partial charge in [-0.1, -0.05) is 0 Å². The maximum absolute atomic E-state index is 11.5. The molecule has 1 atom stereocenters. The molecule has 1 rings (SSSR count). The van der Waals surface area contributed by atoms with Crippen molar-refractivity contribution in [2.24, 2.45) is 0 Å². The molecule has 88 valence electrons. The van der Waals surface area contributed by atoms with Gasteiger partial charge < -0.3 is 9.73 Å². The third-order valence-electron chi connectivity index (χ3n) is 2.05. The van der Waals surface area contributed by atoms with Gasteiger partial charge in [0.2, 0.25) is 0 Å². The van der Waals surface area contributed by atoms with Gasteiger partial charge in [-0.3, -0.25) is 14.4 Å². The summed E-state index contributed by atoms with van der Waals surface area (Å²) in [5.74, 6) is -0.613. The molecular formula is C10H14N2O4. The van der Waals surface area contributed by atoms with Crippen LogP contribution in [0.5, 0.6) is 0 Å². The number of furan rings is 1. The molecule has 0 aliphatic rings. The number of hydrogen-bond donors (Lipinski definition) is 1. The van der Waals surface area contributed by atoms with E-state index in [-0.39, 0.29) is 11.7 Å². The Morgan fingerprint density at radius 3 is 2.75 bits per heavy atom. The molecule has 6 heteroatoms. The van der Waals surface area contributed by atoms with E-state index in [4.69, 9.17) is 9.25 Å². The summed E-state index contributed by atoms with van der Waals surface area (Å²) < 4.78 is 4.89. The molecule has 6 nitrogen and oxygen atoms in total. The smallest absolute Gasteiger partial charge is 0.287 e. The van der Waals surface area contributed by atoms with Gasteiger partial charge in [0.05, 0.1) is 13.4 Å². The Kier molecular flexibility index (Phi) is 4.07. The van der Waals surface area contributed by atoms with Crippen LogP contribution in [0, 0.1) is 0 Å². The quantitative estimate of drug-likeness (QED) is 0.755. The normalized spacial score (nSPS) is 11.9. The van der Waals surface area contributed by atoms with E-state index in [0.717, 1.165) is 5.06 Å². The first-order chi connectivity index (χ1) is 7.56. The minimum Gasteiger partial charge on any atom is -0.459 e. The molecule has 16 heavy (non-hydrogen) atoms. The van der Waals surface area contributed by atoms with E-state index in [2.05, 4.69) is 5.32 Å². The predicted octanol–water partition coefficient (Wildman–Crippen LogP) is 0.418. The zero-order valence-electron chi connectivity index (χ0n) is 9.39. The maximum Gasteiger partial charge on any atom is 0.287 e. The lowest BCUT2D eigenvalue weighted by atomic mass is 10.3. The van der Waals surface area contributed by atoms with Gasteiger partial charge in [-0.25, -0.2) is 5.06 Å². The highest BCUT2D eigenvalue weighted by molar-refractivity contribution is 5.95. The number of rotatable bonds is 4. The van der Waals surface area contributed by atoms with Crippen molar-refractivity contribution in [1.29, 1.82) is 0 Å². The van der Waals surface area contributed by atoms with Gasteiger partial charge in [-0.15, -0.1) is 0 Å². The first kappa shape index (κ1) is 12.3. The van der Waals surface area contributed by atoms with Crippen molar-refractivity contribution in [1.82, 2.24) is 10.4 Å². The zero-order chi connectivity index (χ0) is 12.1. The Hall–Kier alpha value is -1.82. The first-order valence-electron chi connectivity index (χ1n) is 4.72. The van der Waals surface area contributed by atoms with E-state index >= 15 is 0 Å². The molecule has 1 aromatic rings. The van der Waals surface area contributed by atoms with Crippen molar-refractivity contribution in [2.45, 2.75) is 13.0 Å². The van der Waals surface area contributed by atoms with E-state index in [1.165, 1.54) is 26.5 Å². The fourth-order valence-electron chi connectivity index (χ4n) is 1.10. The summed E-state index contributed by atoms with van der Waals surface area (Å²) in [5, 5.41) is 3.54. The van der Waals surface area contributed by atoms with E-state index in [0.29, 0.717) is 0 Å². The van der Waals surface area contributed by atoms with Crippen molar-refractivity contribution in [3.05, 3.63) is 24.2 Å². The fraction of sp³-hybridized carbons (Fsp3) is 0.400. The van der Waals surface area contributed by atoms with Crippen LogP contribution in [0.3, 0.4) is 0 Å². The number of carbonyl (C=O) groups excluding carboxylic acids is 2.